The monoisotopic (exact) mass is 251 g/mol. The number of nitrogens with zero attached hydrogens (tertiary/aromatic N) is 1. The van der Waals surface area contributed by atoms with Crippen LogP contribution in [0.5, 0.6) is 0 Å². The van der Waals surface area contributed by atoms with Gasteiger partial charge in [0.15, 0.2) is 0 Å². The van der Waals surface area contributed by atoms with E-state index in [0.29, 0.717) is 0 Å². The minimum absolute atomic E-state index is 0.136. The Labute approximate surface area is 108 Å². The number of para-hydroxylation sites is 1. The number of aryl methyl sites for hydroxylation is 2. The van der Waals surface area contributed by atoms with Gasteiger partial charge in [0, 0.05) is 0 Å². The van der Waals surface area contributed by atoms with Crippen molar-refractivity contribution in [2.45, 2.75) is 33.2 Å². The molecule has 0 aromatic heterocycles. The van der Waals surface area contributed by atoms with Crippen molar-refractivity contribution < 1.29 is 15.0 Å². The largest absolute Gasteiger partial charge is 0.394 e. The predicted molar refractivity (Wildman–Crippen MR) is 71.7 cm³/mol. The topological polar surface area (TPSA) is 60.8 Å². The van der Waals surface area contributed by atoms with Crippen molar-refractivity contribution in [2.24, 2.45) is 0 Å². The molecule has 0 saturated carbocycles. The molecule has 2 N–H and O–H groups in total. The Bertz CT molecular complexity index is 418. The van der Waals surface area contributed by atoms with Crippen molar-refractivity contribution >= 4 is 11.6 Å². The van der Waals surface area contributed by atoms with E-state index in [9.17, 15) is 9.90 Å². The highest BCUT2D eigenvalue weighted by Gasteiger charge is 2.24. The molecule has 100 valence electrons. The van der Waals surface area contributed by atoms with E-state index in [2.05, 4.69) is 0 Å². The fourth-order valence-corrected chi connectivity index (χ4v) is 2.10. The van der Waals surface area contributed by atoms with Gasteiger partial charge >= 0.3 is 0 Å². The van der Waals surface area contributed by atoms with Crippen molar-refractivity contribution in [3.63, 3.8) is 0 Å². The summed E-state index contributed by atoms with van der Waals surface area (Å²) in [5.41, 5.74) is 2.81. The second-order valence-corrected chi connectivity index (χ2v) is 4.39. The summed E-state index contributed by atoms with van der Waals surface area (Å²) in [4.78, 5) is 13.4. The molecule has 0 radical (unpaired) electrons. The second-order valence-electron chi connectivity index (χ2n) is 4.39. The van der Waals surface area contributed by atoms with E-state index in [1.165, 1.54) is 4.90 Å². The van der Waals surface area contributed by atoms with Gasteiger partial charge in [-0.2, -0.15) is 0 Å². The first kappa shape index (κ1) is 14.7. The van der Waals surface area contributed by atoms with Crippen LogP contribution in [0.25, 0.3) is 0 Å². The van der Waals surface area contributed by atoms with Crippen molar-refractivity contribution in [1.82, 2.24) is 0 Å². The number of carbonyl (C=O) groups excluding carboxylic acids is 1. The first-order valence-electron chi connectivity index (χ1n) is 6.19. The van der Waals surface area contributed by atoms with E-state index in [0.717, 1.165) is 23.2 Å². The van der Waals surface area contributed by atoms with Gasteiger partial charge in [-0.05, 0) is 31.4 Å². The lowest BCUT2D eigenvalue weighted by Gasteiger charge is -2.30. The molecule has 0 aliphatic heterocycles. The number of hydrogen-bond acceptors (Lipinski definition) is 3. The fourth-order valence-electron chi connectivity index (χ4n) is 2.10. The molecule has 4 heteroatoms. The van der Waals surface area contributed by atoms with E-state index in [-0.39, 0.29) is 18.6 Å². The van der Waals surface area contributed by atoms with Crippen LogP contribution in [0.4, 0.5) is 5.69 Å². The number of benzene rings is 1. The maximum absolute atomic E-state index is 11.9. The molecule has 0 aliphatic rings. The lowest BCUT2D eigenvalue weighted by Crippen LogP contribution is -2.43. The predicted octanol–water partition coefficient (Wildman–Crippen LogP) is 1.26. The average Bonchev–Trinajstić information content (AvgIpc) is 2.39. The minimum atomic E-state index is -0.554. The number of anilines is 1. The summed E-state index contributed by atoms with van der Waals surface area (Å²) in [6.45, 7) is 5.02. The van der Waals surface area contributed by atoms with Crippen molar-refractivity contribution in [1.29, 1.82) is 0 Å². The lowest BCUT2D eigenvalue weighted by atomic mass is 10.0. The summed E-state index contributed by atoms with van der Waals surface area (Å²) in [7, 11) is 0. The van der Waals surface area contributed by atoms with Crippen molar-refractivity contribution in [3.8, 4) is 0 Å². The highest BCUT2D eigenvalue weighted by molar-refractivity contribution is 5.96. The Kier molecular flexibility index (Phi) is 5.31. The van der Waals surface area contributed by atoms with Gasteiger partial charge in [-0.1, -0.05) is 25.1 Å². The summed E-state index contributed by atoms with van der Waals surface area (Å²) in [5, 5.41) is 18.4. The van der Waals surface area contributed by atoms with Crippen LogP contribution < -0.4 is 4.90 Å². The van der Waals surface area contributed by atoms with Gasteiger partial charge in [0.1, 0.15) is 6.61 Å². The molecule has 1 aromatic rings. The van der Waals surface area contributed by atoms with E-state index in [4.69, 9.17) is 5.11 Å². The number of amides is 1. The molecule has 1 amide bonds. The van der Waals surface area contributed by atoms with Crippen LogP contribution >= 0.6 is 0 Å². The Morgan fingerprint density at radius 1 is 1.39 bits per heavy atom. The summed E-state index contributed by atoms with van der Waals surface area (Å²) >= 11 is 0. The lowest BCUT2D eigenvalue weighted by molar-refractivity contribution is -0.121. The number of carbonyl (C=O) groups is 1. The van der Waals surface area contributed by atoms with Crippen LogP contribution in [0.15, 0.2) is 18.2 Å². The first-order valence-corrected chi connectivity index (χ1v) is 6.19. The third-order valence-corrected chi connectivity index (χ3v) is 3.05. The zero-order valence-corrected chi connectivity index (χ0v) is 11.2. The smallest absolute Gasteiger partial charge is 0.253 e. The first-order chi connectivity index (χ1) is 8.56. The molecule has 1 aromatic carbocycles. The van der Waals surface area contributed by atoms with Gasteiger partial charge in [0.05, 0.1) is 18.3 Å². The van der Waals surface area contributed by atoms with Crippen molar-refractivity contribution in [3.05, 3.63) is 29.3 Å². The molecule has 0 spiro atoms. The third-order valence-electron chi connectivity index (χ3n) is 3.05. The Hall–Kier alpha value is -1.39. The average molecular weight is 251 g/mol. The van der Waals surface area contributed by atoms with Gasteiger partial charge in [-0.25, -0.2) is 0 Å². The zero-order chi connectivity index (χ0) is 13.7. The molecule has 1 atom stereocenters. The van der Waals surface area contributed by atoms with Gasteiger partial charge in [-0.15, -0.1) is 0 Å². The van der Waals surface area contributed by atoms with Crippen LogP contribution in [-0.2, 0) is 11.2 Å². The summed E-state index contributed by atoms with van der Waals surface area (Å²) < 4.78 is 0. The number of rotatable bonds is 5. The maximum Gasteiger partial charge on any atom is 0.253 e. The number of aliphatic hydroxyl groups is 2. The van der Waals surface area contributed by atoms with E-state index >= 15 is 0 Å². The molecule has 0 fully saturated rings. The Morgan fingerprint density at radius 2 is 2.06 bits per heavy atom. The normalized spacial score (nSPS) is 12.3. The van der Waals surface area contributed by atoms with Gasteiger partial charge in [-0.3, -0.25) is 4.79 Å². The molecular formula is C14H21NO3. The fraction of sp³-hybridized carbons (Fsp3) is 0.500. The standard InChI is InChI=1S/C14H21NO3/c1-4-12-7-5-6-10(2)14(12)15(11(3)8-16)13(18)9-17/h5-7,11,16-17H,4,8-9H2,1-3H3. The second kappa shape index (κ2) is 6.52. The van der Waals surface area contributed by atoms with Crippen LogP contribution in [0.3, 0.4) is 0 Å². The van der Waals surface area contributed by atoms with Gasteiger partial charge < -0.3 is 15.1 Å². The highest BCUT2D eigenvalue weighted by atomic mass is 16.3. The Morgan fingerprint density at radius 3 is 2.56 bits per heavy atom. The van der Waals surface area contributed by atoms with Crippen LogP contribution in [-0.4, -0.2) is 35.4 Å². The molecule has 1 rings (SSSR count). The summed E-state index contributed by atoms with van der Waals surface area (Å²) in [6, 6.07) is 5.49. The molecule has 0 saturated heterocycles. The molecule has 0 bridgehead atoms. The molecule has 4 nitrogen and oxygen atoms in total. The van der Waals surface area contributed by atoms with E-state index < -0.39 is 6.61 Å². The summed E-state index contributed by atoms with van der Waals surface area (Å²) in [6.07, 6.45) is 0.796. The SMILES string of the molecule is CCc1cccc(C)c1N(C(=O)CO)C(C)CO. The molecule has 0 heterocycles. The van der Waals surface area contributed by atoms with Crippen LogP contribution in [0.2, 0.25) is 0 Å². The van der Waals surface area contributed by atoms with Crippen LogP contribution in [0, 0.1) is 6.92 Å². The number of aliphatic hydroxyl groups excluding tert-OH is 2. The molecular weight excluding hydrogens is 230 g/mol. The van der Waals surface area contributed by atoms with Crippen molar-refractivity contribution in [2.75, 3.05) is 18.1 Å². The van der Waals surface area contributed by atoms with E-state index in [1.54, 1.807) is 6.92 Å². The van der Waals surface area contributed by atoms with Gasteiger partial charge in [0.25, 0.3) is 5.91 Å². The van der Waals surface area contributed by atoms with Crippen LogP contribution in [0.1, 0.15) is 25.0 Å². The quantitative estimate of drug-likeness (QED) is 0.828. The van der Waals surface area contributed by atoms with E-state index in [1.807, 2.05) is 32.0 Å². The van der Waals surface area contributed by atoms with Gasteiger partial charge in [0.2, 0.25) is 0 Å². The molecule has 0 aliphatic carbocycles. The third kappa shape index (κ3) is 2.89. The highest BCUT2D eigenvalue weighted by Crippen LogP contribution is 2.27. The summed E-state index contributed by atoms with van der Waals surface area (Å²) in [5.74, 6) is -0.388. The molecule has 18 heavy (non-hydrogen) atoms. The minimum Gasteiger partial charge on any atom is -0.394 e. The number of hydrogen-bond donors (Lipinski definition) is 2. The Balaban J connectivity index is 3.32. The maximum atomic E-state index is 11.9. The molecule has 1 unspecified atom stereocenters. The zero-order valence-electron chi connectivity index (χ0n) is 11.2.